The normalized spacial score (nSPS) is 11.4. The molecule has 0 spiro atoms. The molecule has 2 heterocycles. The van der Waals surface area contributed by atoms with Gasteiger partial charge in [-0.3, -0.25) is 0 Å². The van der Waals surface area contributed by atoms with E-state index in [-0.39, 0.29) is 0 Å². The smallest absolute Gasteiger partial charge is 0.228 e. The van der Waals surface area contributed by atoms with Gasteiger partial charge >= 0.3 is 0 Å². The highest BCUT2D eigenvalue weighted by Crippen LogP contribution is 2.32. The lowest BCUT2D eigenvalue weighted by molar-refractivity contribution is 0.824. The van der Waals surface area contributed by atoms with Crippen molar-refractivity contribution in [3.05, 3.63) is 48.8 Å². The summed E-state index contributed by atoms with van der Waals surface area (Å²) in [4.78, 5) is 8.25. The fraction of sp³-hybridized carbons (Fsp3) is 0.167. The molecule has 4 nitrogen and oxygen atoms in total. The summed E-state index contributed by atoms with van der Waals surface area (Å²) >= 11 is 17.8. The van der Waals surface area contributed by atoms with Gasteiger partial charge in [0.1, 0.15) is 17.8 Å². The molecule has 0 fully saturated rings. The number of pyridine rings is 2. The Bertz CT molecular complexity index is 460. The van der Waals surface area contributed by atoms with E-state index in [9.17, 15) is 0 Å². The standard InChI is InChI=1S/C12H11Cl3N4/c13-12(14,15)11(18-9-5-1-3-7-16-9)19-10-6-2-4-8-17-10/h1-8,11H,(H,16,18)(H,17,19). The van der Waals surface area contributed by atoms with E-state index in [1.807, 2.05) is 24.3 Å². The van der Waals surface area contributed by atoms with Gasteiger partial charge < -0.3 is 10.6 Å². The Morgan fingerprint density at radius 2 is 1.32 bits per heavy atom. The molecule has 100 valence electrons. The molecule has 0 unspecified atom stereocenters. The minimum Gasteiger partial charge on any atom is -0.347 e. The van der Waals surface area contributed by atoms with Crippen LogP contribution in [-0.4, -0.2) is 19.9 Å². The van der Waals surface area contributed by atoms with Crippen LogP contribution in [0, 0.1) is 0 Å². The number of aromatic nitrogens is 2. The maximum absolute atomic E-state index is 5.95. The summed E-state index contributed by atoms with van der Waals surface area (Å²) in [6.07, 6.45) is 2.64. The zero-order valence-corrected chi connectivity index (χ0v) is 12.0. The number of alkyl halides is 3. The van der Waals surface area contributed by atoms with Crippen molar-refractivity contribution in [3.8, 4) is 0 Å². The van der Waals surface area contributed by atoms with E-state index in [0.717, 1.165) is 0 Å². The predicted molar refractivity (Wildman–Crippen MR) is 79.8 cm³/mol. The fourth-order valence-electron chi connectivity index (χ4n) is 1.39. The molecule has 0 aromatic carbocycles. The highest BCUT2D eigenvalue weighted by atomic mass is 35.6. The topological polar surface area (TPSA) is 49.8 Å². The molecular formula is C12H11Cl3N4. The number of nitrogens with one attached hydrogen (secondary N) is 2. The minimum absolute atomic E-state index is 0.599. The molecule has 0 aliphatic heterocycles. The van der Waals surface area contributed by atoms with Crippen LogP contribution in [0.4, 0.5) is 11.6 Å². The van der Waals surface area contributed by atoms with Crippen LogP contribution in [0.5, 0.6) is 0 Å². The third-order valence-corrected chi connectivity index (χ3v) is 2.90. The Morgan fingerprint density at radius 1 is 0.842 bits per heavy atom. The highest BCUT2D eigenvalue weighted by Gasteiger charge is 2.33. The fourth-order valence-corrected chi connectivity index (χ4v) is 1.72. The molecule has 0 aliphatic carbocycles. The Kier molecular flexibility index (Phi) is 4.69. The summed E-state index contributed by atoms with van der Waals surface area (Å²) in [6, 6.07) is 10.9. The van der Waals surface area contributed by atoms with Crippen molar-refractivity contribution in [1.29, 1.82) is 0 Å². The SMILES string of the molecule is ClC(Cl)(Cl)C(Nc1ccccn1)Nc1ccccn1. The Morgan fingerprint density at radius 3 is 1.63 bits per heavy atom. The molecular weight excluding hydrogens is 307 g/mol. The molecule has 19 heavy (non-hydrogen) atoms. The van der Waals surface area contributed by atoms with Gasteiger partial charge in [-0.25, -0.2) is 9.97 Å². The average Bonchev–Trinajstić information content (AvgIpc) is 2.39. The number of nitrogens with zero attached hydrogens (tertiary/aromatic N) is 2. The van der Waals surface area contributed by atoms with Crippen molar-refractivity contribution in [2.45, 2.75) is 9.96 Å². The largest absolute Gasteiger partial charge is 0.347 e. The quantitative estimate of drug-likeness (QED) is 0.667. The third-order valence-electron chi connectivity index (χ3n) is 2.24. The van der Waals surface area contributed by atoms with Gasteiger partial charge in [-0.1, -0.05) is 46.9 Å². The van der Waals surface area contributed by atoms with Crippen molar-refractivity contribution in [1.82, 2.24) is 9.97 Å². The van der Waals surface area contributed by atoms with Crippen LogP contribution in [-0.2, 0) is 0 Å². The van der Waals surface area contributed by atoms with Crippen molar-refractivity contribution in [2.75, 3.05) is 10.6 Å². The van der Waals surface area contributed by atoms with Crippen LogP contribution >= 0.6 is 34.8 Å². The molecule has 0 radical (unpaired) electrons. The first kappa shape index (κ1) is 14.2. The second-order valence-corrected chi connectivity index (χ2v) is 6.06. The Labute approximate surface area is 126 Å². The second kappa shape index (κ2) is 6.28. The molecule has 7 heteroatoms. The van der Waals surface area contributed by atoms with Crippen LogP contribution in [0.2, 0.25) is 0 Å². The zero-order chi connectivity index (χ0) is 13.7. The molecule has 2 N–H and O–H groups in total. The summed E-state index contributed by atoms with van der Waals surface area (Å²) in [5, 5.41) is 6.02. The second-order valence-electron chi connectivity index (χ2n) is 3.69. The van der Waals surface area contributed by atoms with Gasteiger partial charge in [0.05, 0.1) is 0 Å². The number of anilines is 2. The Hall–Kier alpha value is -1.23. The molecule has 0 atom stereocenters. The van der Waals surface area contributed by atoms with E-state index in [1.165, 1.54) is 0 Å². The predicted octanol–water partition coefficient (Wildman–Crippen LogP) is 3.70. The summed E-state index contributed by atoms with van der Waals surface area (Å²) in [5.74, 6) is 1.20. The number of hydrogen-bond donors (Lipinski definition) is 2. The molecule has 0 saturated heterocycles. The highest BCUT2D eigenvalue weighted by molar-refractivity contribution is 6.68. The summed E-state index contributed by atoms with van der Waals surface area (Å²) in [7, 11) is 0. The molecule has 2 aromatic rings. The van der Waals surface area contributed by atoms with Gasteiger partial charge in [-0.05, 0) is 24.3 Å². The molecule has 0 bridgehead atoms. The first-order valence-corrected chi connectivity index (χ1v) is 6.61. The van der Waals surface area contributed by atoms with Crippen LogP contribution < -0.4 is 10.6 Å². The van der Waals surface area contributed by atoms with Gasteiger partial charge in [-0.2, -0.15) is 0 Å². The lowest BCUT2D eigenvalue weighted by atomic mass is 10.4. The van der Waals surface area contributed by atoms with Gasteiger partial charge in [0.25, 0.3) is 0 Å². The Balaban J connectivity index is 2.13. The summed E-state index contributed by atoms with van der Waals surface area (Å²) < 4.78 is -1.56. The minimum atomic E-state index is -1.56. The van der Waals surface area contributed by atoms with Gasteiger partial charge in [0.15, 0.2) is 0 Å². The first-order chi connectivity index (χ1) is 9.05. The monoisotopic (exact) mass is 316 g/mol. The molecule has 2 aromatic heterocycles. The van der Waals surface area contributed by atoms with Crippen LogP contribution in [0.1, 0.15) is 0 Å². The molecule has 0 aliphatic rings. The van der Waals surface area contributed by atoms with Crippen LogP contribution in [0.25, 0.3) is 0 Å². The maximum Gasteiger partial charge on any atom is 0.228 e. The van der Waals surface area contributed by atoms with Crippen LogP contribution in [0.15, 0.2) is 48.8 Å². The average molecular weight is 318 g/mol. The maximum atomic E-state index is 5.95. The van der Waals surface area contributed by atoms with Crippen molar-refractivity contribution < 1.29 is 0 Å². The third kappa shape index (κ3) is 4.42. The van der Waals surface area contributed by atoms with Crippen LogP contribution in [0.3, 0.4) is 0 Å². The number of halogens is 3. The number of rotatable bonds is 4. The lowest BCUT2D eigenvalue weighted by Crippen LogP contribution is -2.41. The summed E-state index contributed by atoms with van der Waals surface area (Å²) in [5.41, 5.74) is 0. The van der Waals surface area contributed by atoms with Gasteiger partial charge in [0.2, 0.25) is 3.79 Å². The van der Waals surface area contributed by atoms with Gasteiger partial charge in [0, 0.05) is 12.4 Å². The molecule has 0 saturated carbocycles. The lowest BCUT2D eigenvalue weighted by Gasteiger charge is -2.27. The van der Waals surface area contributed by atoms with E-state index in [1.54, 1.807) is 24.5 Å². The van der Waals surface area contributed by atoms with Crippen molar-refractivity contribution >= 4 is 46.4 Å². The van der Waals surface area contributed by atoms with E-state index < -0.39 is 9.96 Å². The van der Waals surface area contributed by atoms with E-state index in [2.05, 4.69) is 20.6 Å². The first-order valence-electron chi connectivity index (χ1n) is 5.47. The number of hydrogen-bond acceptors (Lipinski definition) is 4. The van der Waals surface area contributed by atoms with Crippen molar-refractivity contribution in [3.63, 3.8) is 0 Å². The van der Waals surface area contributed by atoms with Gasteiger partial charge in [-0.15, -0.1) is 0 Å². The van der Waals surface area contributed by atoms with E-state index in [4.69, 9.17) is 34.8 Å². The van der Waals surface area contributed by atoms with E-state index >= 15 is 0 Å². The van der Waals surface area contributed by atoms with E-state index in [0.29, 0.717) is 11.6 Å². The van der Waals surface area contributed by atoms with Crippen molar-refractivity contribution in [2.24, 2.45) is 0 Å². The molecule has 0 amide bonds. The zero-order valence-electron chi connectivity index (χ0n) is 9.72. The molecule has 2 rings (SSSR count). The summed E-state index contributed by atoms with van der Waals surface area (Å²) in [6.45, 7) is 0.